The molecular formula is C21H29N5OS. The van der Waals surface area contributed by atoms with Crippen LogP contribution in [0.15, 0.2) is 46.8 Å². The molecule has 28 heavy (non-hydrogen) atoms. The molecule has 0 unspecified atom stereocenters. The number of piperazine rings is 1. The van der Waals surface area contributed by atoms with Crippen molar-refractivity contribution in [2.24, 2.45) is 4.99 Å². The van der Waals surface area contributed by atoms with Gasteiger partial charge in [0.2, 0.25) is 5.91 Å². The Morgan fingerprint density at radius 1 is 1.14 bits per heavy atom. The third kappa shape index (κ3) is 5.48. The second-order valence-corrected chi connectivity index (χ2v) is 7.75. The number of nitrogens with zero attached hydrogens (tertiary/aromatic N) is 3. The van der Waals surface area contributed by atoms with E-state index in [1.54, 1.807) is 11.3 Å². The van der Waals surface area contributed by atoms with E-state index in [0.29, 0.717) is 13.0 Å². The van der Waals surface area contributed by atoms with Crippen molar-refractivity contribution in [3.63, 3.8) is 0 Å². The molecule has 1 aromatic heterocycles. The van der Waals surface area contributed by atoms with E-state index in [-0.39, 0.29) is 5.91 Å². The maximum Gasteiger partial charge on any atom is 0.224 e. The fourth-order valence-electron chi connectivity index (χ4n) is 3.26. The highest BCUT2D eigenvalue weighted by Crippen LogP contribution is 2.22. The first-order valence-corrected chi connectivity index (χ1v) is 10.7. The van der Waals surface area contributed by atoms with Crippen molar-refractivity contribution in [2.75, 3.05) is 43.4 Å². The number of hydrogen-bond donors (Lipinski definition) is 2. The van der Waals surface area contributed by atoms with Gasteiger partial charge in [-0.2, -0.15) is 0 Å². The highest BCUT2D eigenvalue weighted by atomic mass is 32.1. The zero-order valence-electron chi connectivity index (χ0n) is 16.6. The van der Waals surface area contributed by atoms with E-state index in [1.807, 2.05) is 38.2 Å². The summed E-state index contributed by atoms with van der Waals surface area (Å²) in [5, 5.41) is 9.85. The molecular weight excluding hydrogens is 370 g/mol. The average molecular weight is 400 g/mol. The van der Waals surface area contributed by atoms with Gasteiger partial charge in [-0.15, -0.1) is 11.3 Å². The Labute approximate surface area is 171 Å². The van der Waals surface area contributed by atoms with Crippen LogP contribution in [0.4, 0.5) is 10.7 Å². The molecule has 0 saturated carbocycles. The largest absolute Gasteiger partial charge is 0.360 e. The van der Waals surface area contributed by atoms with Gasteiger partial charge in [0.25, 0.3) is 0 Å². The quantitative estimate of drug-likeness (QED) is 0.577. The van der Waals surface area contributed by atoms with Crippen LogP contribution in [0.3, 0.4) is 0 Å². The Bertz CT molecular complexity index is 765. The average Bonchev–Trinajstić information content (AvgIpc) is 3.25. The lowest BCUT2D eigenvalue weighted by Gasteiger charge is -2.37. The number of anilines is 2. The Morgan fingerprint density at radius 2 is 1.89 bits per heavy atom. The highest BCUT2D eigenvalue weighted by Gasteiger charge is 2.20. The fourth-order valence-corrected chi connectivity index (χ4v) is 4.04. The first-order valence-electron chi connectivity index (χ1n) is 9.82. The lowest BCUT2D eigenvalue weighted by atomic mass is 10.2. The Balaban J connectivity index is 1.47. The molecule has 1 amide bonds. The van der Waals surface area contributed by atoms with E-state index in [4.69, 9.17) is 0 Å². The SMILES string of the molecule is CCCC(=O)Nc1ccc(CNC(=NC)N2CCN(c3cccs3)CC2)cc1. The summed E-state index contributed by atoms with van der Waals surface area (Å²) in [4.78, 5) is 20.9. The highest BCUT2D eigenvalue weighted by molar-refractivity contribution is 7.14. The predicted octanol–water partition coefficient (Wildman–Crippen LogP) is 3.38. The number of carbonyl (C=O) groups is 1. The van der Waals surface area contributed by atoms with Gasteiger partial charge in [0.1, 0.15) is 0 Å². The number of rotatable bonds is 6. The van der Waals surface area contributed by atoms with Crippen LogP contribution in [0.5, 0.6) is 0 Å². The van der Waals surface area contributed by atoms with Gasteiger partial charge in [-0.05, 0) is 41.6 Å². The zero-order chi connectivity index (χ0) is 19.8. The maximum atomic E-state index is 11.7. The van der Waals surface area contributed by atoms with Gasteiger partial charge < -0.3 is 20.4 Å². The van der Waals surface area contributed by atoms with E-state index in [1.165, 1.54) is 5.00 Å². The molecule has 2 heterocycles. The molecule has 1 fully saturated rings. The van der Waals surface area contributed by atoms with Crippen LogP contribution in [0.25, 0.3) is 0 Å². The summed E-state index contributed by atoms with van der Waals surface area (Å²) >= 11 is 1.79. The van der Waals surface area contributed by atoms with E-state index in [2.05, 4.69) is 42.9 Å². The van der Waals surface area contributed by atoms with Gasteiger partial charge >= 0.3 is 0 Å². The van der Waals surface area contributed by atoms with Crippen LogP contribution in [0.1, 0.15) is 25.3 Å². The van der Waals surface area contributed by atoms with Crippen molar-refractivity contribution in [3.8, 4) is 0 Å². The maximum absolute atomic E-state index is 11.7. The van der Waals surface area contributed by atoms with Gasteiger partial charge in [0.05, 0.1) is 5.00 Å². The first-order chi connectivity index (χ1) is 13.7. The van der Waals surface area contributed by atoms with Crippen molar-refractivity contribution in [1.82, 2.24) is 10.2 Å². The lowest BCUT2D eigenvalue weighted by Crippen LogP contribution is -2.52. The molecule has 0 bridgehead atoms. The van der Waals surface area contributed by atoms with E-state index in [0.717, 1.165) is 49.8 Å². The zero-order valence-corrected chi connectivity index (χ0v) is 17.5. The number of amides is 1. The summed E-state index contributed by atoms with van der Waals surface area (Å²) in [6.45, 7) is 6.64. The number of carbonyl (C=O) groups excluding carboxylic acids is 1. The van der Waals surface area contributed by atoms with Crippen LogP contribution in [0.2, 0.25) is 0 Å². The Morgan fingerprint density at radius 3 is 2.50 bits per heavy atom. The normalized spacial score (nSPS) is 14.9. The molecule has 6 nitrogen and oxygen atoms in total. The molecule has 1 saturated heterocycles. The third-order valence-electron chi connectivity index (χ3n) is 4.77. The minimum absolute atomic E-state index is 0.0652. The molecule has 7 heteroatoms. The standard InChI is InChI=1S/C21H29N5OS/c1-3-5-19(27)24-18-9-7-17(8-10-18)16-23-21(22-2)26-13-11-25(12-14-26)20-6-4-15-28-20/h4,6-10,15H,3,5,11-14,16H2,1-2H3,(H,22,23)(H,24,27). The van der Waals surface area contributed by atoms with E-state index < -0.39 is 0 Å². The van der Waals surface area contributed by atoms with Crippen molar-refractivity contribution < 1.29 is 4.79 Å². The van der Waals surface area contributed by atoms with Crippen molar-refractivity contribution in [1.29, 1.82) is 0 Å². The first kappa shape index (κ1) is 20.2. The number of guanidine groups is 1. The van der Waals surface area contributed by atoms with Crippen molar-refractivity contribution in [2.45, 2.75) is 26.3 Å². The molecule has 0 aliphatic carbocycles. The lowest BCUT2D eigenvalue weighted by molar-refractivity contribution is -0.116. The van der Waals surface area contributed by atoms with Gasteiger partial charge in [-0.25, -0.2) is 0 Å². The van der Waals surface area contributed by atoms with E-state index in [9.17, 15) is 4.79 Å². The summed E-state index contributed by atoms with van der Waals surface area (Å²) < 4.78 is 0. The van der Waals surface area contributed by atoms with E-state index >= 15 is 0 Å². The molecule has 1 aliphatic rings. The summed E-state index contributed by atoms with van der Waals surface area (Å²) in [5.74, 6) is 1.00. The monoisotopic (exact) mass is 399 g/mol. The van der Waals surface area contributed by atoms with Crippen LogP contribution >= 0.6 is 11.3 Å². The number of hydrogen-bond acceptors (Lipinski definition) is 4. The van der Waals surface area contributed by atoms with Crippen LogP contribution < -0.4 is 15.5 Å². The van der Waals surface area contributed by atoms with Gasteiger partial charge in [-0.3, -0.25) is 9.79 Å². The number of nitrogens with one attached hydrogen (secondary N) is 2. The minimum atomic E-state index is 0.0652. The Hall–Kier alpha value is -2.54. The molecule has 0 spiro atoms. The molecule has 0 atom stereocenters. The summed E-state index contributed by atoms with van der Waals surface area (Å²) in [5.41, 5.74) is 2.00. The van der Waals surface area contributed by atoms with Crippen LogP contribution in [-0.4, -0.2) is 50.0 Å². The van der Waals surface area contributed by atoms with Crippen molar-refractivity contribution in [3.05, 3.63) is 47.3 Å². The predicted molar refractivity (Wildman–Crippen MR) is 118 cm³/mol. The summed E-state index contributed by atoms with van der Waals surface area (Å²) in [6.07, 6.45) is 1.41. The second-order valence-electron chi connectivity index (χ2n) is 6.82. The minimum Gasteiger partial charge on any atom is -0.360 e. The molecule has 2 aromatic rings. The molecule has 3 rings (SSSR count). The van der Waals surface area contributed by atoms with Crippen LogP contribution in [-0.2, 0) is 11.3 Å². The molecule has 1 aromatic carbocycles. The third-order valence-corrected chi connectivity index (χ3v) is 5.70. The second kappa shape index (κ2) is 10.1. The summed E-state index contributed by atoms with van der Waals surface area (Å²) in [7, 11) is 1.83. The fraction of sp³-hybridized carbons (Fsp3) is 0.429. The molecule has 0 radical (unpaired) electrons. The molecule has 150 valence electrons. The number of thiophene rings is 1. The number of benzene rings is 1. The topological polar surface area (TPSA) is 60.0 Å². The Kier molecular flexibility index (Phi) is 7.31. The smallest absolute Gasteiger partial charge is 0.224 e. The van der Waals surface area contributed by atoms with Gasteiger partial charge in [-0.1, -0.05) is 19.1 Å². The van der Waals surface area contributed by atoms with Gasteiger partial charge in [0.15, 0.2) is 5.96 Å². The summed E-state index contributed by atoms with van der Waals surface area (Å²) in [6, 6.07) is 12.3. The molecule has 1 aliphatic heterocycles. The molecule has 2 N–H and O–H groups in total. The van der Waals surface area contributed by atoms with Gasteiger partial charge in [0, 0.05) is 51.9 Å². The number of aliphatic imine (C=N–C) groups is 1. The van der Waals surface area contributed by atoms with Crippen molar-refractivity contribution >= 4 is 33.9 Å². The van der Waals surface area contributed by atoms with Crippen LogP contribution in [0, 0.1) is 0 Å².